The second-order valence-corrected chi connectivity index (χ2v) is 8.01. The highest BCUT2D eigenvalue weighted by Gasteiger charge is 2.20. The van der Waals surface area contributed by atoms with Crippen molar-refractivity contribution in [2.75, 3.05) is 0 Å². The van der Waals surface area contributed by atoms with Crippen molar-refractivity contribution < 1.29 is 14.3 Å². The quantitative estimate of drug-likeness (QED) is 0.383. The van der Waals surface area contributed by atoms with Crippen molar-refractivity contribution in [1.82, 2.24) is 9.55 Å². The molecule has 156 valence electrons. The number of fused-ring (bicyclic) bond motifs is 1. The maximum absolute atomic E-state index is 13.1. The van der Waals surface area contributed by atoms with Gasteiger partial charge in [0.15, 0.2) is 10.8 Å². The van der Waals surface area contributed by atoms with Crippen LogP contribution < -0.4 is 16.0 Å². The molecule has 1 N–H and O–H groups in total. The van der Waals surface area contributed by atoms with Gasteiger partial charge < -0.3 is 4.74 Å². The summed E-state index contributed by atoms with van der Waals surface area (Å²) in [5.74, 6) is -0.567. The normalized spacial score (nSPS) is 10.9. The van der Waals surface area contributed by atoms with Crippen molar-refractivity contribution in [3.8, 4) is 10.8 Å². The van der Waals surface area contributed by atoms with Crippen molar-refractivity contribution in [2.45, 2.75) is 20.3 Å². The molecule has 8 heteroatoms. The maximum Gasteiger partial charge on any atom is 0.334 e. The van der Waals surface area contributed by atoms with Crippen molar-refractivity contribution in [3.05, 3.63) is 92.1 Å². The Labute approximate surface area is 180 Å². The van der Waals surface area contributed by atoms with Gasteiger partial charge in [0.1, 0.15) is 4.83 Å². The molecule has 0 saturated carbocycles. The molecule has 0 spiro atoms. The summed E-state index contributed by atoms with van der Waals surface area (Å²) in [6.07, 6.45) is 0.0950. The molecular weight excluding hydrogens is 416 g/mol. The number of hydrogen-bond acceptors (Lipinski definition) is 6. The first kappa shape index (κ1) is 20.5. The first-order valence-corrected chi connectivity index (χ1v) is 10.3. The number of carbonyl (C=O) groups is 2. The molecular formula is C23H18N2O5S. The monoisotopic (exact) mass is 434 g/mol. The third kappa shape index (κ3) is 3.97. The number of H-pyrrole nitrogens is 1. The number of nitrogens with zero attached hydrogens (tertiary/aromatic N) is 1. The molecule has 2 heterocycles. The molecule has 0 bridgehead atoms. The minimum atomic E-state index is -0.614. The largest absolute Gasteiger partial charge is 0.415 e. The van der Waals surface area contributed by atoms with Gasteiger partial charge in [0.2, 0.25) is 0 Å². The minimum absolute atomic E-state index is 0.0950. The molecule has 0 aliphatic rings. The number of nitrogens with one attached hydrogen (secondary N) is 1. The van der Waals surface area contributed by atoms with Crippen molar-refractivity contribution in [1.29, 1.82) is 0 Å². The van der Waals surface area contributed by atoms with Gasteiger partial charge in [-0.3, -0.25) is 19.4 Å². The highest BCUT2D eigenvalue weighted by atomic mass is 32.1. The van der Waals surface area contributed by atoms with E-state index < -0.39 is 17.2 Å². The Morgan fingerprint density at radius 3 is 2.35 bits per heavy atom. The number of Topliss-reactive ketones (excluding diaryl/α,β-unsaturated/α-hetero) is 1. The lowest BCUT2D eigenvalue weighted by atomic mass is 10.1. The SMILES string of the molecule is CC(=O)c1ccc(-n2c(=O)[nH]c3sc(OC(=O)Cc4ccccc4)c(C)c3c2=O)cc1. The van der Waals surface area contributed by atoms with Crippen LogP contribution in [0.3, 0.4) is 0 Å². The van der Waals surface area contributed by atoms with E-state index in [1.807, 2.05) is 30.3 Å². The lowest BCUT2D eigenvalue weighted by Gasteiger charge is -2.06. The lowest BCUT2D eigenvalue weighted by Crippen LogP contribution is -2.33. The number of esters is 1. The lowest BCUT2D eigenvalue weighted by molar-refractivity contribution is -0.133. The molecule has 31 heavy (non-hydrogen) atoms. The van der Waals surface area contributed by atoms with E-state index in [4.69, 9.17) is 4.74 Å². The molecule has 2 aromatic heterocycles. The topological polar surface area (TPSA) is 98.2 Å². The molecule has 4 rings (SSSR count). The Hall–Kier alpha value is -3.78. The molecule has 0 aliphatic carbocycles. The first-order valence-electron chi connectivity index (χ1n) is 9.49. The van der Waals surface area contributed by atoms with Crippen LogP contribution in [-0.2, 0) is 11.2 Å². The van der Waals surface area contributed by atoms with E-state index in [9.17, 15) is 19.2 Å². The summed E-state index contributed by atoms with van der Waals surface area (Å²) in [5.41, 5.74) is 0.984. The van der Waals surface area contributed by atoms with Crippen LogP contribution in [0.1, 0.15) is 28.4 Å². The second-order valence-electron chi connectivity index (χ2n) is 7.03. The number of ether oxygens (including phenoxy) is 1. The van der Waals surface area contributed by atoms with E-state index in [0.29, 0.717) is 21.6 Å². The maximum atomic E-state index is 13.1. The zero-order valence-electron chi connectivity index (χ0n) is 16.8. The Bertz CT molecular complexity index is 1410. The number of rotatable bonds is 5. The summed E-state index contributed by atoms with van der Waals surface area (Å²) >= 11 is 1.04. The Balaban J connectivity index is 1.72. The molecule has 2 aromatic carbocycles. The average molecular weight is 434 g/mol. The fraction of sp³-hybridized carbons (Fsp3) is 0.130. The molecule has 0 unspecified atom stereocenters. The van der Waals surface area contributed by atoms with Gasteiger partial charge in [-0.2, -0.15) is 0 Å². The van der Waals surface area contributed by atoms with Crippen molar-refractivity contribution in [3.63, 3.8) is 0 Å². The van der Waals surface area contributed by atoms with Gasteiger partial charge >= 0.3 is 11.7 Å². The fourth-order valence-corrected chi connectivity index (χ4v) is 4.33. The van der Waals surface area contributed by atoms with Crippen LogP contribution in [0.25, 0.3) is 15.9 Å². The van der Waals surface area contributed by atoms with Crippen LogP contribution in [0.15, 0.2) is 64.2 Å². The second kappa shape index (κ2) is 8.16. The number of hydrogen-bond donors (Lipinski definition) is 1. The highest BCUT2D eigenvalue weighted by molar-refractivity contribution is 7.20. The number of ketones is 1. The molecule has 0 atom stereocenters. The van der Waals surface area contributed by atoms with Crippen LogP contribution >= 0.6 is 11.3 Å². The van der Waals surface area contributed by atoms with Gasteiger partial charge in [-0.05, 0) is 43.7 Å². The van der Waals surface area contributed by atoms with Crippen LogP contribution in [0.4, 0.5) is 0 Å². The average Bonchev–Trinajstić information content (AvgIpc) is 3.04. The number of thiophene rings is 1. The predicted octanol–water partition coefficient (Wildman–Crippen LogP) is 3.40. The molecule has 0 amide bonds. The van der Waals surface area contributed by atoms with Crippen LogP contribution in [0.5, 0.6) is 5.06 Å². The number of aromatic amines is 1. The smallest absolute Gasteiger partial charge is 0.334 e. The number of aromatic nitrogens is 2. The van der Waals surface area contributed by atoms with Gasteiger partial charge in [0, 0.05) is 11.1 Å². The van der Waals surface area contributed by atoms with Gasteiger partial charge in [-0.25, -0.2) is 9.36 Å². The molecule has 7 nitrogen and oxygen atoms in total. The van der Waals surface area contributed by atoms with E-state index >= 15 is 0 Å². The zero-order chi connectivity index (χ0) is 22.1. The third-order valence-corrected chi connectivity index (χ3v) is 5.96. The molecule has 0 fully saturated rings. The Kier molecular flexibility index (Phi) is 5.39. The standard InChI is InChI=1S/C23H18N2O5S/c1-13-19-20(31-22(13)30-18(27)12-15-6-4-3-5-7-15)24-23(29)25(21(19)28)17-10-8-16(9-11-17)14(2)26/h3-11H,12H2,1-2H3,(H,24,29). The molecule has 0 radical (unpaired) electrons. The zero-order valence-corrected chi connectivity index (χ0v) is 17.6. The summed E-state index contributed by atoms with van der Waals surface area (Å²) < 4.78 is 6.49. The van der Waals surface area contributed by atoms with Gasteiger partial charge in [0.05, 0.1) is 17.5 Å². The van der Waals surface area contributed by atoms with Crippen molar-refractivity contribution in [2.24, 2.45) is 0 Å². The van der Waals surface area contributed by atoms with E-state index in [-0.39, 0.29) is 22.7 Å². The van der Waals surface area contributed by atoms with Crippen LogP contribution in [0, 0.1) is 6.92 Å². The number of benzene rings is 2. The number of carbonyl (C=O) groups excluding carboxylic acids is 2. The van der Waals surface area contributed by atoms with E-state index in [0.717, 1.165) is 21.5 Å². The molecule has 0 saturated heterocycles. The number of aryl methyl sites for hydroxylation is 1. The summed E-state index contributed by atoms with van der Waals surface area (Å²) in [7, 11) is 0. The van der Waals surface area contributed by atoms with Crippen molar-refractivity contribution >= 4 is 33.3 Å². The van der Waals surface area contributed by atoms with E-state index in [1.165, 1.54) is 6.92 Å². The molecule has 0 aliphatic heterocycles. The Morgan fingerprint density at radius 2 is 1.71 bits per heavy atom. The van der Waals surface area contributed by atoms with Gasteiger partial charge in [-0.15, -0.1) is 0 Å². The Morgan fingerprint density at radius 1 is 1.03 bits per heavy atom. The van der Waals surface area contributed by atoms with E-state index in [2.05, 4.69) is 4.98 Å². The summed E-state index contributed by atoms with van der Waals surface area (Å²) in [4.78, 5) is 52.6. The summed E-state index contributed by atoms with van der Waals surface area (Å²) in [6.45, 7) is 3.11. The molecule has 4 aromatic rings. The summed E-state index contributed by atoms with van der Waals surface area (Å²) in [5, 5.41) is 0.552. The third-order valence-electron chi connectivity index (χ3n) is 4.87. The summed E-state index contributed by atoms with van der Waals surface area (Å²) in [6, 6.07) is 15.4. The fourth-order valence-electron chi connectivity index (χ4n) is 3.27. The minimum Gasteiger partial charge on any atom is -0.415 e. The van der Waals surface area contributed by atoms with Gasteiger partial charge in [-0.1, -0.05) is 41.7 Å². The van der Waals surface area contributed by atoms with Crippen LogP contribution in [0.2, 0.25) is 0 Å². The van der Waals surface area contributed by atoms with Gasteiger partial charge in [0.25, 0.3) is 5.56 Å². The first-order chi connectivity index (χ1) is 14.8. The predicted molar refractivity (Wildman–Crippen MR) is 119 cm³/mol. The van der Waals surface area contributed by atoms with E-state index in [1.54, 1.807) is 31.2 Å². The van der Waals surface area contributed by atoms with Crippen LogP contribution in [-0.4, -0.2) is 21.3 Å². The highest BCUT2D eigenvalue weighted by Crippen LogP contribution is 2.34.